The summed E-state index contributed by atoms with van der Waals surface area (Å²) in [6.45, 7) is 4.84. The maximum absolute atomic E-state index is 12.5. The van der Waals surface area contributed by atoms with E-state index in [0.29, 0.717) is 37.4 Å². The number of halogens is 1. The number of aliphatic hydroxyl groups excluding tert-OH is 2. The van der Waals surface area contributed by atoms with Crippen LogP contribution in [0.25, 0.3) is 0 Å². The Hall–Kier alpha value is -2.15. The normalized spacial score (nSPS) is 21.9. The molecule has 6 nitrogen and oxygen atoms in total. The van der Waals surface area contributed by atoms with Crippen LogP contribution in [0.15, 0.2) is 48.6 Å². The van der Waals surface area contributed by atoms with Crippen LogP contribution in [0, 0.1) is 17.3 Å². The number of esters is 1. The molecule has 0 aromatic heterocycles. The summed E-state index contributed by atoms with van der Waals surface area (Å²) in [7, 11) is 0. The molecule has 312 valence electrons. The number of hydrogen-bond acceptors (Lipinski definition) is 5. The van der Waals surface area contributed by atoms with Crippen molar-refractivity contribution in [1.82, 2.24) is 0 Å². The summed E-state index contributed by atoms with van der Waals surface area (Å²) in [6, 6.07) is 7.32. The smallest absolute Gasteiger partial charge is 0.335 e. The highest BCUT2D eigenvalue weighted by atomic mass is 35.5. The van der Waals surface area contributed by atoms with E-state index >= 15 is 0 Å². The molecule has 0 amide bonds. The molecule has 2 fully saturated rings. The van der Waals surface area contributed by atoms with Gasteiger partial charge in [-0.2, -0.15) is 0 Å². The first kappa shape index (κ1) is 47.2. The number of aliphatic hydroxyl groups is 2. The van der Waals surface area contributed by atoms with Gasteiger partial charge in [0.25, 0.3) is 0 Å². The minimum atomic E-state index is -0.905. The van der Waals surface area contributed by atoms with Crippen LogP contribution in [0.3, 0.4) is 0 Å². The third-order valence-corrected chi connectivity index (χ3v) is 13.4. The number of carbonyl (C=O) groups is 2. The topological polar surface area (TPSA) is 104 Å². The highest BCUT2D eigenvalue weighted by Crippen LogP contribution is 2.48. The van der Waals surface area contributed by atoms with Gasteiger partial charge in [0.2, 0.25) is 0 Å². The van der Waals surface area contributed by atoms with Crippen molar-refractivity contribution in [2.45, 2.75) is 204 Å². The summed E-state index contributed by atoms with van der Waals surface area (Å²) in [4.78, 5) is 23.9. The lowest BCUT2D eigenvalue weighted by Gasteiger charge is -2.45. The lowest BCUT2D eigenvalue weighted by molar-refractivity contribution is -0.143. The van der Waals surface area contributed by atoms with Crippen molar-refractivity contribution in [2.24, 2.45) is 17.3 Å². The second kappa shape index (κ2) is 27.5. The summed E-state index contributed by atoms with van der Waals surface area (Å²) in [5, 5.41) is 30.7. The zero-order chi connectivity index (χ0) is 39.7. The van der Waals surface area contributed by atoms with Gasteiger partial charge in [-0.05, 0) is 106 Å². The van der Waals surface area contributed by atoms with Crippen molar-refractivity contribution in [3.05, 3.63) is 59.7 Å². The molecule has 1 aromatic carbocycles. The van der Waals surface area contributed by atoms with Crippen LogP contribution in [-0.2, 0) is 9.53 Å². The molecule has 1 aromatic rings. The lowest BCUT2D eigenvalue weighted by atomic mass is 9.63. The fourth-order valence-electron chi connectivity index (χ4n) is 8.94. The molecule has 2 saturated carbocycles. The number of unbranched alkanes of at least 4 members (excludes halogenated alkanes) is 13. The third kappa shape index (κ3) is 17.5. The van der Waals surface area contributed by atoms with Gasteiger partial charge in [0.05, 0.1) is 24.4 Å². The van der Waals surface area contributed by atoms with E-state index in [1.807, 2.05) is 12.1 Å². The molecule has 0 spiro atoms. The largest absolute Gasteiger partial charge is 0.478 e. The molecule has 1 unspecified atom stereocenters. The number of allylic oxidation sites excluding steroid dienone is 2. The molecule has 0 aliphatic heterocycles. The van der Waals surface area contributed by atoms with Crippen molar-refractivity contribution in [3.8, 4) is 0 Å². The minimum absolute atomic E-state index is 0.00799. The minimum Gasteiger partial charge on any atom is -0.478 e. The maximum atomic E-state index is 12.5. The molecule has 0 saturated heterocycles. The fraction of sp³-hybridized carbons (Fsp3) is 0.750. The molecular weight excluding hydrogens is 708 g/mol. The van der Waals surface area contributed by atoms with Crippen molar-refractivity contribution >= 4 is 23.5 Å². The van der Waals surface area contributed by atoms with Crippen LogP contribution in [0.5, 0.6) is 0 Å². The average Bonchev–Trinajstić information content (AvgIpc) is 3.42. The molecule has 55 heavy (non-hydrogen) atoms. The zero-order valence-corrected chi connectivity index (χ0v) is 35.4. The number of carbonyl (C=O) groups excluding carboxylic acids is 1. The van der Waals surface area contributed by atoms with Gasteiger partial charge in [0, 0.05) is 17.7 Å². The van der Waals surface area contributed by atoms with Gasteiger partial charge in [0.15, 0.2) is 0 Å². The number of carboxylic acid groups (broad SMARTS) is 1. The Kier molecular flexibility index (Phi) is 23.6. The zero-order valence-electron chi connectivity index (χ0n) is 34.6. The predicted octanol–water partition coefficient (Wildman–Crippen LogP) is 12.9. The lowest BCUT2D eigenvalue weighted by Crippen LogP contribution is -2.40. The predicted molar refractivity (Wildman–Crippen MR) is 228 cm³/mol. The highest BCUT2D eigenvalue weighted by Gasteiger charge is 2.42. The number of rotatable bonds is 31. The molecule has 6 atom stereocenters. The second-order valence-corrected chi connectivity index (χ2v) is 17.5. The first-order valence-electron chi connectivity index (χ1n) is 22.5. The van der Waals surface area contributed by atoms with E-state index in [0.717, 1.165) is 64.2 Å². The molecule has 2 aliphatic carbocycles. The Balaban J connectivity index is 1.30. The maximum Gasteiger partial charge on any atom is 0.335 e. The highest BCUT2D eigenvalue weighted by molar-refractivity contribution is 6.21. The van der Waals surface area contributed by atoms with Crippen molar-refractivity contribution < 1.29 is 29.6 Å². The summed E-state index contributed by atoms with van der Waals surface area (Å²) >= 11 is 6.66. The van der Waals surface area contributed by atoms with Crippen LogP contribution in [0.4, 0.5) is 0 Å². The third-order valence-electron chi connectivity index (χ3n) is 12.9. The summed E-state index contributed by atoms with van der Waals surface area (Å²) < 4.78 is 5.61. The van der Waals surface area contributed by atoms with Crippen molar-refractivity contribution in [3.63, 3.8) is 0 Å². The Morgan fingerprint density at radius 2 is 1.47 bits per heavy atom. The number of carboxylic acids is 1. The van der Waals surface area contributed by atoms with E-state index in [-0.39, 0.29) is 34.7 Å². The van der Waals surface area contributed by atoms with Gasteiger partial charge in [-0.1, -0.05) is 140 Å². The quantitative estimate of drug-likeness (QED) is 0.0300. The van der Waals surface area contributed by atoms with Crippen molar-refractivity contribution in [1.29, 1.82) is 0 Å². The first-order valence-corrected chi connectivity index (χ1v) is 22.9. The number of alkyl halides is 1. The van der Waals surface area contributed by atoms with Gasteiger partial charge in [-0.3, -0.25) is 4.79 Å². The first-order chi connectivity index (χ1) is 26.7. The Morgan fingerprint density at radius 1 is 0.855 bits per heavy atom. The van der Waals surface area contributed by atoms with Crippen LogP contribution in [0.1, 0.15) is 203 Å². The van der Waals surface area contributed by atoms with E-state index in [1.165, 1.54) is 89.0 Å². The molecule has 7 heteroatoms. The van der Waals surface area contributed by atoms with E-state index in [9.17, 15) is 24.9 Å². The Morgan fingerprint density at radius 3 is 2.05 bits per heavy atom. The second-order valence-electron chi connectivity index (χ2n) is 16.9. The van der Waals surface area contributed by atoms with E-state index < -0.39 is 12.1 Å². The monoisotopic (exact) mass is 785 g/mol. The van der Waals surface area contributed by atoms with Gasteiger partial charge in [0.1, 0.15) is 0 Å². The van der Waals surface area contributed by atoms with E-state index in [1.54, 1.807) is 12.1 Å². The van der Waals surface area contributed by atoms with Crippen LogP contribution >= 0.6 is 11.6 Å². The van der Waals surface area contributed by atoms with Crippen LogP contribution in [0.2, 0.25) is 0 Å². The molecular formula is C48H77ClO6. The number of ether oxygens (including phenoxy) is 1. The standard InChI is InChI=1S/C48H77ClO6/c1-3-5-6-7-8-9-10-11-12-13-14-15-18-24-38(39-30-32-40(33-31-39)47(53)54)25-22-36-55-46(52)29-20-17-16-19-26-41-42(44(50)37-43(41)49)27-21-28-45(51)48(4-2)34-23-35-48/h16,19,21,27,30-33,38,41-45,50-51H,3-15,17-18,20,22-26,28-29,34-37H2,1-2H3,(H,53,54)/t38?,41-,42-,43-,44-,45+/m1/s1. The molecule has 0 radical (unpaired) electrons. The number of benzene rings is 1. The fourth-order valence-corrected chi connectivity index (χ4v) is 9.39. The molecule has 0 bridgehead atoms. The molecule has 3 rings (SSSR count). The van der Waals surface area contributed by atoms with Gasteiger partial charge in [-0.15, -0.1) is 11.6 Å². The van der Waals surface area contributed by atoms with Gasteiger partial charge in [-0.25, -0.2) is 4.79 Å². The van der Waals surface area contributed by atoms with E-state index in [4.69, 9.17) is 16.3 Å². The van der Waals surface area contributed by atoms with Crippen LogP contribution < -0.4 is 0 Å². The van der Waals surface area contributed by atoms with Crippen LogP contribution in [-0.4, -0.2) is 51.5 Å². The SMILES string of the molecule is CCCCCCCCCCCCCCCC(CCCOC(=O)CCCC=CC[C@@H]1[C@@H](C=CC[C@H](O)C2(CC)CCC2)[C@H](O)C[C@H]1Cl)c1ccc(C(=O)O)cc1. The summed E-state index contributed by atoms with van der Waals surface area (Å²) in [5.74, 6) is -0.594. The van der Waals surface area contributed by atoms with E-state index in [2.05, 4.69) is 38.2 Å². The van der Waals surface area contributed by atoms with Gasteiger partial charge < -0.3 is 20.1 Å². The van der Waals surface area contributed by atoms with Crippen molar-refractivity contribution in [2.75, 3.05) is 6.61 Å². The van der Waals surface area contributed by atoms with Gasteiger partial charge >= 0.3 is 11.9 Å². The molecule has 2 aliphatic rings. The Bertz CT molecular complexity index is 1230. The number of hydrogen-bond donors (Lipinski definition) is 3. The molecule has 0 heterocycles. The summed E-state index contributed by atoms with van der Waals surface area (Å²) in [6.07, 6.45) is 36.0. The number of aromatic carboxylic acids is 1. The Labute approximate surface area is 339 Å². The average molecular weight is 786 g/mol. The molecule has 3 N–H and O–H groups in total. The summed E-state index contributed by atoms with van der Waals surface area (Å²) in [5.41, 5.74) is 1.56.